The number of ether oxygens (including phenoxy) is 4. The zero-order valence-electron chi connectivity index (χ0n) is 49.5. The Kier molecular flexibility index (Phi) is 46.0. The van der Waals surface area contributed by atoms with E-state index in [0.717, 1.165) is 89.9 Å². The lowest BCUT2D eigenvalue weighted by molar-refractivity contribution is -0.359. The Labute approximate surface area is 483 Å². The highest BCUT2D eigenvalue weighted by Gasteiger charge is 2.51. The number of unbranched alkanes of at least 4 members (excludes halogenated alkanes) is 20. The molecule has 0 radical (unpaired) electrons. The maximum Gasteiger partial charge on any atom is 0.220 e. The van der Waals surface area contributed by atoms with E-state index >= 15 is 0 Å². The molecule has 80 heavy (non-hydrogen) atoms. The molecule has 2 fully saturated rings. The summed E-state index contributed by atoms with van der Waals surface area (Å²) >= 11 is 0. The number of allylic oxidation sites excluding steroid dienone is 16. The first-order chi connectivity index (χ1) is 39.1. The Morgan fingerprint density at radius 2 is 0.863 bits per heavy atom. The maximum atomic E-state index is 13.3. The van der Waals surface area contributed by atoms with Gasteiger partial charge in [0.05, 0.1) is 32.0 Å². The van der Waals surface area contributed by atoms with Gasteiger partial charge in [0, 0.05) is 6.42 Å². The molecule has 14 heteroatoms. The first-order valence-electron chi connectivity index (χ1n) is 31.5. The Morgan fingerprint density at radius 1 is 0.463 bits per heavy atom. The van der Waals surface area contributed by atoms with Crippen LogP contribution in [0.4, 0.5) is 0 Å². The van der Waals surface area contributed by atoms with Gasteiger partial charge in [-0.25, -0.2) is 0 Å². The maximum absolute atomic E-state index is 13.3. The topological polar surface area (TPSA) is 228 Å². The van der Waals surface area contributed by atoms with Crippen molar-refractivity contribution in [3.05, 3.63) is 97.2 Å². The van der Waals surface area contributed by atoms with E-state index in [0.29, 0.717) is 12.8 Å². The monoisotopic (exact) mass is 1130 g/mol. The number of rotatable bonds is 49. The molecule has 14 nitrogen and oxygen atoms in total. The average Bonchev–Trinajstić information content (AvgIpc) is 3.49. The van der Waals surface area contributed by atoms with Crippen LogP contribution >= 0.6 is 0 Å². The summed E-state index contributed by atoms with van der Waals surface area (Å²) in [6.07, 6.45) is 52.6. The van der Waals surface area contributed by atoms with E-state index in [-0.39, 0.29) is 18.9 Å². The van der Waals surface area contributed by atoms with Gasteiger partial charge >= 0.3 is 0 Å². The Morgan fingerprint density at radius 3 is 1.30 bits per heavy atom. The summed E-state index contributed by atoms with van der Waals surface area (Å²) in [5.74, 6) is -0.251. The fraction of sp³-hybridized carbons (Fsp3) is 0.742. The number of hydrogen-bond donors (Lipinski definition) is 9. The van der Waals surface area contributed by atoms with E-state index in [1.165, 1.54) is 96.3 Å². The smallest absolute Gasteiger partial charge is 0.220 e. The molecule has 2 aliphatic heterocycles. The minimum atomic E-state index is -1.79. The van der Waals surface area contributed by atoms with Gasteiger partial charge in [-0.2, -0.15) is 0 Å². The van der Waals surface area contributed by atoms with Crippen LogP contribution in [0.3, 0.4) is 0 Å². The van der Waals surface area contributed by atoms with Crippen molar-refractivity contribution in [1.82, 2.24) is 5.32 Å². The van der Waals surface area contributed by atoms with Gasteiger partial charge in [0.2, 0.25) is 5.91 Å². The number of carbonyl (C=O) groups is 1. The minimum Gasteiger partial charge on any atom is -0.394 e. The van der Waals surface area contributed by atoms with Gasteiger partial charge in [0.25, 0.3) is 0 Å². The Bertz CT molecular complexity index is 1710. The molecular weight excluding hydrogens is 1010 g/mol. The van der Waals surface area contributed by atoms with Crippen LogP contribution in [-0.2, 0) is 23.7 Å². The summed E-state index contributed by atoms with van der Waals surface area (Å²) < 4.78 is 22.8. The molecular formula is C66H113NO13. The lowest BCUT2D eigenvalue weighted by Crippen LogP contribution is -2.65. The third kappa shape index (κ3) is 35.1. The fourth-order valence-corrected chi connectivity index (χ4v) is 9.78. The van der Waals surface area contributed by atoms with Gasteiger partial charge in [-0.15, -0.1) is 0 Å². The second kappa shape index (κ2) is 50.4. The first-order valence-corrected chi connectivity index (χ1v) is 31.5. The highest BCUT2D eigenvalue weighted by molar-refractivity contribution is 5.76. The zero-order chi connectivity index (χ0) is 58.1. The normalized spacial score (nSPS) is 24.9. The highest BCUT2D eigenvalue weighted by atomic mass is 16.7. The molecule has 460 valence electrons. The molecule has 0 aromatic carbocycles. The minimum absolute atomic E-state index is 0.243. The van der Waals surface area contributed by atoms with Crippen molar-refractivity contribution in [2.45, 2.75) is 293 Å². The molecule has 0 saturated carbocycles. The Balaban J connectivity index is 1.76. The average molecular weight is 1130 g/mol. The third-order valence-corrected chi connectivity index (χ3v) is 14.8. The van der Waals surface area contributed by atoms with Crippen LogP contribution in [0.25, 0.3) is 0 Å². The molecule has 1 amide bonds. The summed E-state index contributed by atoms with van der Waals surface area (Å²) in [6.45, 7) is 2.72. The number of carbonyl (C=O) groups excluding carboxylic acids is 1. The van der Waals surface area contributed by atoms with Gasteiger partial charge in [0.15, 0.2) is 12.6 Å². The quantitative estimate of drug-likeness (QED) is 0.0204. The number of aliphatic hydroxyl groups is 8. The van der Waals surface area contributed by atoms with Crippen molar-refractivity contribution in [1.29, 1.82) is 0 Å². The molecule has 12 atom stereocenters. The summed E-state index contributed by atoms with van der Waals surface area (Å²) in [5.41, 5.74) is 0. The van der Waals surface area contributed by atoms with Gasteiger partial charge in [0.1, 0.15) is 48.8 Å². The highest BCUT2D eigenvalue weighted by Crippen LogP contribution is 2.30. The van der Waals surface area contributed by atoms with Crippen molar-refractivity contribution >= 4 is 5.91 Å². The van der Waals surface area contributed by atoms with Crippen molar-refractivity contribution in [2.75, 3.05) is 19.8 Å². The van der Waals surface area contributed by atoms with Gasteiger partial charge in [-0.1, -0.05) is 233 Å². The molecule has 2 aliphatic rings. The molecule has 0 spiro atoms. The zero-order valence-corrected chi connectivity index (χ0v) is 49.5. The number of nitrogens with one attached hydrogen (secondary N) is 1. The molecule has 0 aliphatic carbocycles. The van der Waals surface area contributed by atoms with Gasteiger partial charge in [-0.05, 0) is 77.0 Å². The van der Waals surface area contributed by atoms with Crippen LogP contribution in [0.2, 0.25) is 0 Å². The fourth-order valence-electron chi connectivity index (χ4n) is 9.78. The van der Waals surface area contributed by atoms with E-state index < -0.39 is 86.8 Å². The van der Waals surface area contributed by atoms with Crippen molar-refractivity contribution in [3.63, 3.8) is 0 Å². The van der Waals surface area contributed by atoms with Crippen LogP contribution in [0, 0.1) is 0 Å². The van der Waals surface area contributed by atoms with Crippen LogP contribution in [0.5, 0.6) is 0 Å². The summed E-state index contributed by atoms with van der Waals surface area (Å²) in [5, 5.41) is 87.4. The molecule has 2 rings (SSSR count). The van der Waals surface area contributed by atoms with Crippen molar-refractivity contribution in [3.8, 4) is 0 Å². The molecule has 12 unspecified atom stereocenters. The van der Waals surface area contributed by atoms with Crippen LogP contribution in [0.15, 0.2) is 97.2 Å². The number of amides is 1. The molecule has 0 aromatic heterocycles. The standard InChI is InChI=1S/C66H113NO13/c1-3-5-7-9-11-13-15-17-19-21-23-24-25-26-27-28-29-30-32-34-36-38-40-42-44-46-48-50-58(71)67-54(55(70)49-47-45-43-41-39-37-35-33-31-22-20-18-16-14-12-10-8-6-4-2)53-77-65-63(76)61(74)64(57(52-69)79-65)80-66-62(75)60(73)59(72)56(51-68)78-66/h5,7,11,13,17,19,23-24,26-27,29-30,34,36,40,42,54-57,59-66,68-70,72-76H,3-4,6,8-10,12,14-16,18,20-22,25,28,31-33,35,37-39,41,43-53H2,1-2H3,(H,67,71)/b7-5-,13-11-,19-17-,24-23-,27-26-,30-29-,36-34-,42-40-. The van der Waals surface area contributed by atoms with Gasteiger partial charge < -0.3 is 65.1 Å². The summed E-state index contributed by atoms with van der Waals surface area (Å²) in [4.78, 5) is 13.3. The summed E-state index contributed by atoms with van der Waals surface area (Å²) in [6, 6.07) is -0.860. The predicted octanol–water partition coefficient (Wildman–Crippen LogP) is 11.4. The van der Waals surface area contributed by atoms with E-state index in [1.807, 2.05) is 0 Å². The first kappa shape index (κ1) is 73.0. The molecule has 2 heterocycles. The second-order valence-electron chi connectivity index (χ2n) is 21.8. The van der Waals surface area contributed by atoms with E-state index in [9.17, 15) is 45.6 Å². The predicted molar refractivity (Wildman–Crippen MR) is 323 cm³/mol. The number of aliphatic hydroxyl groups excluding tert-OH is 8. The van der Waals surface area contributed by atoms with Gasteiger partial charge in [-0.3, -0.25) is 4.79 Å². The molecule has 0 bridgehead atoms. The lowest BCUT2D eigenvalue weighted by atomic mass is 9.97. The number of hydrogen-bond acceptors (Lipinski definition) is 13. The Hall–Kier alpha value is -3.09. The molecule has 9 N–H and O–H groups in total. The van der Waals surface area contributed by atoms with E-state index in [2.05, 4.69) is 116 Å². The SMILES string of the molecule is CC/C=C\C/C=C\C/C=C\C/C=C\C/C=C\C/C=C\C/C=C\C/C=C\CCCCC(=O)NC(COC1OC(CO)C(OC2OC(CO)C(O)C(O)C2O)C(O)C1O)C(O)CCCCCCCCCCCCCCCCCCCCC. The second-order valence-corrected chi connectivity index (χ2v) is 21.8. The molecule has 2 saturated heterocycles. The molecule has 0 aromatic rings. The third-order valence-electron chi connectivity index (χ3n) is 14.8. The summed E-state index contributed by atoms with van der Waals surface area (Å²) in [7, 11) is 0. The van der Waals surface area contributed by atoms with E-state index in [4.69, 9.17) is 18.9 Å². The van der Waals surface area contributed by atoms with Crippen LogP contribution in [-0.4, -0.2) is 140 Å². The largest absolute Gasteiger partial charge is 0.394 e. The lowest BCUT2D eigenvalue weighted by Gasteiger charge is -2.46. The van der Waals surface area contributed by atoms with Crippen molar-refractivity contribution < 1.29 is 64.6 Å². The van der Waals surface area contributed by atoms with Crippen LogP contribution in [0.1, 0.15) is 219 Å². The van der Waals surface area contributed by atoms with Crippen molar-refractivity contribution in [2.24, 2.45) is 0 Å². The van der Waals surface area contributed by atoms with E-state index in [1.54, 1.807) is 0 Å². The van der Waals surface area contributed by atoms with Crippen LogP contribution < -0.4 is 5.32 Å².